The van der Waals surface area contributed by atoms with Crippen LogP contribution in [0.15, 0.2) is 6.07 Å². The predicted molar refractivity (Wildman–Crippen MR) is 73.2 cm³/mol. The largest absolute Gasteiger partial charge is 0.474 e. The molecule has 2 atom stereocenters. The summed E-state index contributed by atoms with van der Waals surface area (Å²) in [7, 11) is 0. The van der Waals surface area contributed by atoms with E-state index in [1.807, 2.05) is 0 Å². The van der Waals surface area contributed by atoms with Crippen molar-refractivity contribution in [2.24, 2.45) is 5.92 Å². The monoisotopic (exact) mass is 268 g/mol. The molecule has 1 fully saturated rings. The summed E-state index contributed by atoms with van der Waals surface area (Å²) in [5.41, 5.74) is 0. The van der Waals surface area contributed by atoms with E-state index in [0.29, 0.717) is 11.0 Å². The third kappa shape index (κ3) is 3.58. The minimum atomic E-state index is 0.260. The van der Waals surface area contributed by atoms with Gasteiger partial charge in [0.1, 0.15) is 17.1 Å². The lowest BCUT2D eigenvalue weighted by Gasteiger charge is -2.27. The Kier molecular flexibility index (Phi) is 4.44. The van der Waals surface area contributed by atoms with Crippen LogP contribution in [0.25, 0.3) is 0 Å². The minimum absolute atomic E-state index is 0.260. The maximum atomic E-state index is 6.01. The Labute approximate surface area is 114 Å². The van der Waals surface area contributed by atoms with Gasteiger partial charge in [0.15, 0.2) is 0 Å². The lowest BCUT2D eigenvalue weighted by Crippen LogP contribution is -2.24. The molecule has 0 saturated heterocycles. The first kappa shape index (κ1) is 13.6. The predicted octanol–water partition coefficient (Wildman–Crippen LogP) is 4.21. The molecule has 0 radical (unpaired) electrons. The number of hydrogen-bond donors (Lipinski definition) is 0. The summed E-state index contributed by atoms with van der Waals surface area (Å²) in [6, 6.07) is 1.71. The molecule has 1 aliphatic rings. The molecule has 0 aromatic carbocycles. The Morgan fingerprint density at radius 1 is 1.33 bits per heavy atom. The van der Waals surface area contributed by atoms with Gasteiger partial charge in [-0.2, -0.15) is 4.98 Å². The summed E-state index contributed by atoms with van der Waals surface area (Å²) >= 11 is 6.01. The van der Waals surface area contributed by atoms with Gasteiger partial charge in [-0.1, -0.05) is 38.8 Å². The van der Waals surface area contributed by atoms with Crippen LogP contribution in [0.3, 0.4) is 0 Å². The summed E-state index contributed by atoms with van der Waals surface area (Å²) in [6.07, 6.45) is 5.05. The molecule has 100 valence electrons. The van der Waals surface area contributed by atoms with Gasteiger partial charge < -0.3 is 4.74 Å². The normalized spacial score (nSPS) is 24.3. The minimum Gasteiger partial charge on any atom is -0.474 e. The van der Waals surface area contributed by atoms with Crippen molar-refractivity contribution in [3.05, 3.63) is 17.0 Å². The molecule has 0 aliphatic heterocycles. The van der Waals surface area contributed by atoms with E-state index in [9.17, 15) is 0 Å². The first-order valence-corrected chi connectivity index (χ1v) is 7.13. The van der Waals surface area contributed by atoms with E-state index < -0.39 is 0 Å². The number of hydrogen-bond acceptors (Lipinski definition) is 3. The average molecular weight is 269 g/mol. The van der Waals surface area contributed by atoms with Crippen molar-refractivity contribution >= 4 is 11.6 Å². The van der Waals surface area contributed by atoms with Crippen molar-refractivity contribution in [2.45, 2.75) is 58.5 Å². The van der Waals surface area contributed by atoms with Crippen molar-refractivity contribution in [2.75, 3.05) is 0 Å². The molecule has 1 heterocycles. The van der Waals surface area contributed by atoms with E-state index in [4.69, 9.17) is 16.3 Å². The summed E-state index contributed by atoms with van der Waals surface area (Å²) in [6.45, 7) is 6.39. The molecule has 1 aromatic heterocycles. The van der Waals surface area contributed by atoms with Crippen molar-refractivity contribution in [3.63, 3.8) is 0 Å². The van der Waals surface area contributed by atoms with Gasteiger partial charge in [-0.15, -0.1) is 0 Å². The number of rotatable bonds is 3. The molecule has 0 amide bonds. The van der Waals surface area contributed by atoms with E-state index >= 15 is 0 Å². The summed E-state index contributed by atoms with van der Waals surface area (Å²) in [4.78, 5) is 8.65. The van der Waals surface area contributed by atoms with Crippen LogP contribution in [0.1, 0.15) is 58.2 Å². The fraction of sp³-hybridized carbons (Fsp3) is 0.714. The molecule has 18 heavy (non-hydrogen) atoms. The van der Waals surface area contributed by atoms with Crippen molar-refractivity contribution in [1.82, 2.24) is 9.97 Å². The molecular weight excluding hydrogens is 248 g/mol. The van der Waals surface area contributed by atoms with Crippen LogP contribution < -0.4 is 4.74 Å². The SMILES string of the molecule is CC1CCCC(Oc2cc(Cl)nc(C(C)C)n2)C1. The number of ether oxygens (including phenoxy) is 1. The third-order valence-electron chi connectivity index (χ3n) is 3.38. The molecular formula is C14H21ClN2O. The molecule has 1 aromatic rings. The lowest BCUT2D eigenvalue weighted by molar-refractivity contribution is 0.123. The van der Waals surface area contributed by atoms with Crippen LogP contribution in [-0.4, -0.2) is 16.1 Å². The standard InChI is InChI=1S/C14H21ClN2O/c1-9(2)14-16-12(15)8-13(17-14)18-11-6-4-5-10(3)7-11/h8-11H,4-7H2,1-3H3. The number of aromatic nitrogens is 2. The fourth-order valence-corrected chi connectivity index (χ4v) is 2.57. The van der Waals surface area contributed by atoms with E-state index in [0.717, 1.165) is 24.6 Å². The molecule has 3 nitrogen and oxygen atoms in total. The highest BCUT2D eigenvalue weighted by Gasteiger charge is 2.21. The van der Waals surface area contributed by atoms with Gasteiger partial charge in [-0.25, -0.2) is 4.98 Å². The van der Waals surface area contributed by atoms with Crippen LogP contribution in [0.2, 0.25) is 5.15 Å². The first-order valence-electron chi connectivity index (χ1n) is 6.75. The van der Waals surface area contributed by atoms with Crippen molar-refractivity contribution in [1.29, 1.82) is 0 Å². The maximum absolute atomic E-state index is 6.01. The highest BCUT2D eigenvalue weighted by Crippen LogP contribution is 2.27. The van der Waals surface area contributed by atoms with Gasteiger partial charge in [0.2, 0.25) is 5.88 Å². The van der Waals surface area contributed by atoms with Gasteiger partial charge in [-0.3, -0.25) is 0 Å². The molecule has 0 bridgehead atoms. The molecule has 0 N–H and O–H groups in total. The molecule has 1 aliphatic carbocycles. The quantitative estimate of drug-likeness (QED) is 0.770. The van der Waals surface area contributed by atoms with Crippen LogP contribution in [-0.2, 0) is 0 Å². The second-order valence-corrected chi connectivity index (χ2v) is 5.94. The number of nitrogens with zero attached hydrogens (tertiary/aromatic N) is 2. The second-order valence-electron chi connectivity index (χ2n) is 5.55. The van der Waals surface area contributed by atoms with E-state index in [1.165, 1.54) is 12.8 Å². The van der Waals surface area contributed by atoms with Crippen LogP contribution in [0, 0.1) is 5.92 Å². The van der Waals surface area contributed by atoms with Gasteiger partial charge >= 0.3 is 0 Å². The molecule has 2 rings (SSSR count). The lowest BCUT2D eigenvalue weighted by atomic mass is 9.89. The van der Waals surface area contributed by atoms with Crippen molar-refractivity contribution in [3.8, 4) is 5.88 Å². The zero-order chi connectivity index (χ0) is 13.1. The smallest absolute Gasteiger partial charge is 0.218 e. The van der Waals surface area contributed by atoms with Gasteiger partial charge in [0, 0.05) is 12.0 Å². The Morgan fingerprint density at radius 2 is 2.11 bits per heavy atom. The zero-order valence-corrected chi connectivity index (χ0v) is 12.1. The fourth-order valence-electron chi connectivity index (χ4n) is 2.39. The van der Waals surface area contributed by atoms with E-state index in [2.05, 4.69) is 30.7 Å². The highest BCUT2D eigenvalue weighted by atomic mass is 35.5. The van der Waals surface area contributed by atoms with Gasteiger partial charge in [-0.05, 0) is 25.2 Å². The summed E-state index contributed by atoms with van der Waals surface area (Å²) in [5.74, 6) is 2.38. The Balaban J connectivity index is 2.08. The highest BCUT2D eigenvalue weighted by molar-refractivity contribution is 6.29. The summed E-state index contributed by atoms with van der Waals surface area (Å²) in [5, 5.41) is 0.465. The van der Waals surface area contributed by atoms with Crippen LogP contribution in [0.4, 0.5) is 0 Å². The topological polar surface area (TPSA) is 35.0 Å². The molecule has 1 saturated carbocycles. The maximum Gasteiger partial charge on any atom is 0.218 e. The molecule has 4 heteroatoms. The number of halogens is 1. The Morgan fingerprint density at radius 3 is 2.78 bits per heavy atom. The molecule has 0 spiro atoms. The molecule has 2 unspecified atom stereocenters. The van der Waals surface area contributed by atoms with E-state index in [1.54, 1.807) is 6.07 Å². The van der Waals surface area contributed by atoms with E-state index in [-0.39, 0.29) is 12.0 Å². The summed E-state index contributed by atoms with van der Waals surface area (Å²) < 4.78 is 5.96. The van der Waals surface area contributed by atoms with Crippen molar-refractivity contribution < 1.29 is 4.74 Å². The Hall–Kier alpha value is -0.830. The van der Waals surface area contributed by atoms with Gasteiger partial charge in [0.25, 0.3) is 0 Å². The average Bonchev–Trinajstić information content (AvgIpc) is 2.28. The second kappa shape index (κ2) is 5.87. The first-order chi connectivity index (χ1) is 8.54. The Bertz CT molecular complexity index is 409. The third-order valence-corrected chi connectivity index (χ3v) is 3.57. The zero-order valence-electron chi connectivity index (χ0n) is 11.3. The van der Waals surface area contributed by atoms with Gasteiger partial charge in [0.05, 0.1) is 0 Å². The van der Waals surface area contributed by atoms with Crippen LogP contribution in [0.5, 0.6) is 5.88 Å². The van der Waals surface area contributed by atoms with Crippen LogP contribution >= 0.6 is 11.6 Å².